The first-order chi connectivity index (χ1) is 13.3. The predicted octanol–water partition coefficient (Wildman–Crippen LogP) is 1.67. The standard InChI is InChI=1S/C18H29N7O3/c1-18(2,3)28-17(26)24(8-4-7-19)9-12-5-6-13(27-12)25-11-23-14-15(20)21-10-22-16(14)25/h10-13H,4-9,19H2,1-3H3,(H2,20,21,22). The maximum absolute atomic E-state index is 12.5. The summed E-state index contributed by atoms with van der Waals surface area (Å²) in [4.78, 5) is 26.7. The number of ether oxygens (including phenoxy) is 2. The van der Waals surface area contributed by atoms with Gasteiger partial charge in [-0.05, 0) is 46.6 Å². The molecule has 2 unspecified atom stereocenters. The lowest BCUT2D eigenvalue weighted by Crippen LogP contribution is -2.42. The molecule has 0 bridgehead atoms. The molecule has 1 aliphatic heterocycles. The number of carbonyl (C=O) groups is 1. The van der Waals surface area contributed by atoms with Gasteiger partial charge in [-0.3, -0.25) is 4.57 Å². The van der Waals surface area contributed by atoms with Gasteiger partial charge in [0.15, 0.2) is 11.5 Å². The van der Waals surface area contributed by atoms with Gasteiger partial charge in [0.1, 0.15) is 23.7 Å². The zero-order chi connectivity index (χ0) is 20.3. The van der Waals surface area contributed by atoms with Crippen LogP contribution in [-0.2, 0) is 9.47 Å². The van der Waals surface area contributed by atoms with Crippen molar-refractivity contribution >= 4 is 23.1 Å². The molecule has 10 heteroatoms. The van der Waals surface area contributed by atoms with Crippen LogP contribution in [0.15, 0.2) is 12.7 Å². The first kappa shape index (κ1) is 20.3. The Morgan fingerprint density at radius 2 is 2.14 bits per heavy atom. The van der Waals surface area contributed by atoms with E-state index in [4.69, 9.17) is 20.9 Å². The van der Waals surface area contributed by atoms with Crippen LogP contribution in [0.3, 0.4) is 0 Å². The van der Waals surface area contributed by atoms with Gasteiger partial charge < -0.3 is 25.8 Å². The highest BCUT2D eigenvalue weighted by atomic mass is 16.6. The first-order valence-corrected chi connectivity index (χ1v) is 9.55. The summed E-state index contributed by atoms with van der Waals surface area (Å²) in [5, 5.41) is 0. The Morgan fingerprint density at radius 1 is 1.36 bits per heavy atom. The number of aromatic nitrogens is 4. The van der Waals surface area contributed by atoms with E-state index in [0.29, 0.717) is 43.0 Å². The molecule has 1 amide bonds. The topological polar surface area (TPSA) is 134 Å². The smallest absolute Gasteiger partial charge is 0.410 e. The highest BCUT2D eigenvalue weighted by Crippen LogP contribution is 2.31. The average Bonchev–Trinajstić information content (AvgIpc) is 3.24. The van der Waals surface area contributed by atoms with Crippen molar-refractivity contribution in [2.45, 2.75) is 58.0 Å². The van der Waals surface area contributed by atoms with Gasteiger partial charge in [-0.2, -0.15) is 0 Å². The monoisotopic (exact) mass is 391 g/mol. The summed E-state index contributed by atoms with van der Waals surface area (Å²) in [5.74, 6) is 0.344. The van der Waals surface area contributed by atoms with E-state index in [2.05, 4.69) is 15.0 Å². The van der Waals surface area contributed by atoms with Crippen molar-refractivity contribution in [2.75, 3.05) is 25.4 Å². The Kier molecular flexibility index (Phi) is 5.99. The van der Waals surface area contributed by atoms with Gasteiger partial charge in [0.25, 0.3) is 0 Å². The molecule has 3 heterocycles. The number of anilines is 1. The quantitative estimate of drug-likeness (QED) is 0.759. The minimum Gasteiger partial charge on any atom is -0.444 e. The SMILES string of the molecule is CC(C)(C)OC(=O)N(CCCN)CC1CCC(n2cnc3c(N)ncnc32)O1. The van der Waals surface area contributed by atoms with Crippen molar-refractivity contribution < 1.29 is 14.3 Å². The van der Waals surface area contributed by atoms with Gasteiger partial charge in [-0.25, -0.2) is 19.7 Å². The average molecular weight is 391 g/mol. The molecule has 0 saturated carbocycles. The molecule has 2 aromatic rings. The fourth-order valence-corrected chi connectivity index (χ4v) is 3.22. The lowest BCUT2D eigenvalue weighted by molar-refractivity contribution is -0.0218. The zero-order valence-electron chi connectivity index (χ0n) is 16.7. The van der Waals surface area contributed by atoms with Crippen molar-refractivity contribution in [3.05, 3.63) is 12.7 Å². The number of fused-ring (bicyclic) bond motifs is 1. The third-order valence-electron chi connectivity index (χ3n) is 4.49. The van der Waals surface area contributed by atoms with Crippen LogP contribution in [0, 0.1) is 0 Å². The number of nitrogen functional groups attached to an aromatic ring is 1. The van der Waals surface area contributed by atoms with Gasteiger partial charge in [0.05, 0.1) is 19.0 Å². The molecular weight excluding hydrogens is 362 g/mol. The maximum atomic E-state index is 12.5. The lowest BCUT2D eigenvalue weighted by atomic mass is 10.2. The van der Waals surface area contributed by atoms with Gasteiger partial charge >= 0.3 is 6.09 Å². The number of imidazole rings is 1. The molecule has 0 spiro atoms. The number of amides is 1. The molecule has 154 valence electrons. The van der Waals surface area contributed by atoms with Crippen molar-refractivity contribution in [1.82, 2.24) is 24.4 Å². The second-order valence-electron chi connectivity index (χ2n) is 7.94. The Bertz CT molecular complexity index is 817. The zero-order valence-corrected chi connectivity index (χ0v) is 16.7. The van der Waals surface area contributed by atoms with E-state index in [1.54, 1.807) is 11.2 Å². The molecule has 1 saturated heterocycles. The minimum atomic E-state index is -0.549. The summed E-state index contributed by atoms with van der Waals surface area (Å²) >= 11 is 0. The second kappa shape index (κ2) is 8.27. The van der Waals surface area contributed by atoms with Crippen LogP contribution in [0.4, 0.5) is 10.6 Å². The van der Waals surface area contributed by atoms with Gasteiger partial charge in [0, 0.05) is 6.54 Å². The molecule has 0 aromatic carbocycles. The second-order valence-corrected chi connectivity index (χ2v) is 7.94. The summed E-state index contributed by atoms with van der Waals surface area (Å²) in [6, 6.07) is 0. The number of hydrogen-bond acceptors (Lipinski definition) is 8. The van der Waals surface area contributed by atoms with Crippen molar-refractivity contribution in [3.8, 4) is 0 Å². The summed E-state index contributed by atoms with van der Waals surface area (Å²) < 4.78 is 13.6. The molecule has 1 aliphatic rings. The van der Waals surface area contributed by atoms with Gasteiger partial charge in [-0.15, -0.1) is 0 Å². The van der Waals surface area contributed by atoms with E-state index in [0.717, 1.165) is 12.8 Å². The van der Waals surface area contributed by atoms with E-state index < -0.39 is 5.60 Å². The van der Waals surface area contributed by atoms with Gasteiger partial charge in [0.2, 0.25) is 0 Å². The van der Waals surface area contributed by atoms with Crippen LogP contribution in [0.5, 0.6) is 0 Å². The summed E-state index contributed by atoms with van der Waals surface area (Å²) in [5.41, 5.74) is 12.1. The molecule has 4 N–H and O–H groups in total. The fraction of sp³-hybridized carbons (Fsp3) is 0.667. The highest BCUT2D eigenvalue weighted by molar-refractivity contribution is 5.81. The number of carbonyl (C=O) groups excluding carboxylic acids is 1. The number of nitrogens with two attached hydrogens (primary N) is 2. The van der Waals surface area contributed by atoms with Crippen molar-refractivity contribution in [2.24, 2.45) is 5.73 Å². The normalized spacial score (nSPS) is 19.9. The molecule has 2 aromatic heterocycles. The van der Waals surface area contributed by atoms with E-state index >= 15 is 0 Å². The molecule has 10 nitrogen and oxygen atoms in total. The van der Waals surface area contributed by atoms with E-state index in [1.165, 1.54) is 6.33 Å². The minimum absolute atomic E-state index is 0.105. The van der Waals surface area contributed by atoms with Crippen molar-refractivity contribution in [3.63, 3.8) is 0 Å². The van der Waals surface area contributed by atoms with Crippen LogP contribution in [0.2, 0.25) is 0 Å². The molecular formula is C18H29N7O3. The molecule has 0 aliphatic carbocycles. The number of nitrogens with zero attached hydrogens (tertiary/aromatic N) is 5. The van der Waals surface area contributed by atoms with E-state index in [-0.39, 0.29) is 18.4 Å². The van der Waals surface area contributed by atoms with Crippen LogP contribution in [0.25, 0.3) is 11.2 Å². The number of rotatable bonds is 6. The Hall–Kier alpha value is -2.46. The molecule has 1 fully saturated rings. The maximum Gasteiger partial charge on any atom is 0.410 e. The highest BCUT2D eigenvalue weighted by Gasteiger charge is 2.32. The van der Waals surface area contributed by atoms with Crippen LogP contribution < -0.4 is 11.5 Å². The van der Waals surface area contributed by atoms with Crippen molar-refractivity contribution in [1.29, 1.82) is 0 Å². The molecule has 28 heavy (non-hydrogen) atoms. The van der Waals surface area contributed by atoms with E-state index in [9.17, 15) is 4.79 Å². The summed E-state index contributed by atoms with van der Waals surface area (Å²) in [7, 11) is 0. The lowest BCUT2D eigenvalue weighted by Gasteiger charge is -2.29. The summed E-state index contributed by atoms with van der Waals surface area (Å²) in [6.07, 6.45) is 4.74. The van der Waals surface area contributed by atoms with E-state index in [1.807, 2.05) is 25.3 Å². The Labute approximate surface area is 164 Å². The summed E-state index contributed by atoms with van der Waals surface area (Å²) in [6.45, 7) is 7.06. The molecule has 3 rings (SSSR count). The first-order valence-electron chi connectivity index (χ1n) is 9.55. The Balaban J connectivity index is 1.67. The third-order valence-corrected chi connectivity index (χ3v) is 4.49. The fourth-order valence-electron chi connectivity index (χ4n) is 3.22. The third kappa shape index (κ3) is 4.68. The largest absolute Gasteiger partial charge is 0.444 e. The van der Waals surface area contributed by atoms with Gasteiger partial charge in [-0.1, -0.05) is 0 Å². The molecule has 2 atom stereocenters. The van der Waals surface area contributed by atoms with Crippen LogP contribution in [-0.4, -0.2) is 61.9 Å². The molecule has 0 radical (unpaired) electrons. The predicted molar refractivity (Wildman–Crippen MR) is 104 cm³/mol. The number of hydrogen-bond donors (Lipinski definition) is 2. The van der Waals surface area contributed by atoms with Crippen LogP contribution >= 0.6 is 0 Å². The van der Waals surface area contributed by atoms with Crippen LogP contribution in [0.1, 0.15) is 46.3 Å². The Morgan fingerprint density at radius 3 is 2.86 bits per heavy atom.